The van der Waals surface area contributed by atoms with Gasteiger partial charge in [0.05, 0.1) is 4.92 Å². The predicted octanol–water partition coefficient (Wildman–Crippen LogP) is 4.34. The number of hydrogen-bond donors (Lipinski definition) is 0. The minimum absolute atomic E-state index is 0.0386. The van der Waals surface area contributed by atoms with Gasteiger partial charge in [-0.05, 0) is 40.5 Å². The van der Waals surface area contributed by atoms with Crippen LogP contribution in [0.1, 0.15) is 16.7 Å². The van der Waals surface area contributed by atoms with Crippen molar-refractivity contribution in [3.8, 4) is 11.1 Å². The Bertz CT molecular complexity index is 1230. The molecule has 0 saturated carbocycles. The molecule has 2 aliphatic rings. The summed E-state index contributed by atoms with van der Waals surface area (Å²) in [7, 11) is 0. The average Bonchev–Trinajstić information content (AvgIpc) is 3.25. The van der Waals surface area contributed by atoms with E-state index >= 15 is 0 Å². The van der Waals surface area contributed by atoms with E-state index in [4.69, 9.17) is 4.74 Å². The summed E-state index contributed by atoms with van der Waals surface area (Å²) in [4.78, 5) is 27.9. The first-order valence-electron chi connectivity index (χ1n) is 8.62. The lowest BCUT2D eigenvalue weighted by Gasteiger charge is -2.03. The number of cyclic esters (lactones) is 1. The number of benzene rings is 3. The number of carbonyl (C=O) groups excluding carboxylic acids is 1. The molecule has 0 radical (unpaired) electrons. The fourth-order valence-corrected chi connectivity index (χ4v) is 3.59. The molecule has 0 unspecified atom stereocenters. The van der Waals surface area contributed by atoms with Crippen LogP contribution >= 0.6 is 0 Å². The molecule has 0 N–H and O–H groups in total. The smallest absolute Gasteiger partial charge is 0.364 e. The summed E-state index contributed by atoms with van der Waals surface area (Å²) in [5.74, 6) is -0.340. The van der Waals surface area contributed by atoms with Gasteiger partial charge >= 0.3 is 5.97 Å². The molecule has 1 aliphatic carbocycles. The number of ether oxygens (including phenoxy) is 1. The molecule has 0 spiro atoms. The summed E-state index contributed by atoms with van der Waals surface area (Å²) in [5, 5.41) is 11.3. The number of nitro benzene ring substituents is 1. The maximum atomic E-state index is 12.7. The van der Waals surface area contributed by atoms with Crippen LogP contribution in [0.15, 0.2) is 83.5 Å². The van der Waals surface area contributed by atoms with Gasteiger partial charge in [0.25, 0.3) is 5.69 Å². The molecule has 0 amide bonds. The van der Waals surface area contributed by atoms with E-state index in [0.29, 0.717) is 16.7 Å². The molecule has 5 rings (SSSR count). The molecule has 6 heteroatoms. The van der Waals surface area contributed by atoms with Crippen LogP contribution in [0, 0.1) is 10.1 Å². The Morgan fingerprint density at radius 3 is 2.25 bits per heavy atom. The minimum Gasteiger partial charge on any atom is -0.402 e. The highest BCUT2D eigenvalue weighted by Crippen LogP contribution is 2.47. The second kappa shape index (κ2) is 5.99. The van der Waals surface area contributed by atoms with Gasteiger partial charge in [0.15, 0.2) is 5.70 Å². The van der Waals surface area contributed by atoms with Crippen molar-refractivity contribution in [2.45, 2.75) is 0 Å². The van der Waals surface area contributed by atoms with Crippen LogP contribution in [0.3, 0.4) is 0 Å². The molecule has 0 fully saturated rings. The Kier molecular flexibility index (Phi) is 3.45. The minimum atomic E-state index is -0.567. The Morgan fingerprint density at radius 1 is 0.821 bits per heavy atom. The van der Waals surface area contributed by atoms with E-state index in [1.165, 1.54) is 12.1 Å². The molecule has 1 heterocycles. The lowest BCUT2D eigenvalue weighted by molar-refractivity contribution is -0.384. The number of rotatable bonds is 2. The van der Waals surface area contributed by atoms with E-state index in [0.717, 1.165) is 16.7 Å². The first-order chi connectivity index (χ1) is 13.6. The van der Waals surface area contributed by atoms with Crippen molar-refractivity contribution in [1.82, 2.24) is 0 Å². The van der Waals surface area contributed by atoms with Crippen LogP contribution in [-0.2, 0) is 9.53 Å². The Balaban J connectivity index is 1.78. The van der Waals surface area contributed by atoms with Crippen molar-refractivity contribution in [3.05, 3.63) is 105 Å². The van der Waals surface area contributed by atoms with Gasteiger partial charge in [-0.1, -0.05) is 42.5 Å². The highest BCUT2D eigenvalue weighted by Gasteiger charge is 2.34. The zero-order valence-corrected chi connectivity index (χ0v) is 14.5. The van der Waals surface area contributed by atoms with Crippen molar-refractivity contribution < 1.29 is 14.5 Å². The molecule has 3 aromatic rings. The van der Waals surface area contributed by atoms with E-state index in [9.17, 15) is 14.9 Å². The summed E-state index contributed by atoms with van der Waals surface area (Å²) >= 11 is 0. The Labute approximate surface area is 159 Å². The van der Waals surface area contributed by atoms with Crippen molar-refractivity contribution in [1.29, 1.82) is 0 Å². The van der Waals surface area contributed by atoms with Gasteiger partial charge in [0, 0.05) is 23.3 Å². The third kappa shape index (κ3) is 2.35. The van der Waals surface area contributed by atoms with Crippen LogP contribution in [0.25, 0.3) is 16.7 Å². The SMILES string of the molecule is O=C1OC(c2ccccc2)=NC1=C1c2ccccc2-c2ccc([N+](=O)[O-])cc21. The fourth-order valence-electron chi connectivity index (χ4n) is 3.59. The molecule has 6 nitrogen and oxygen atoms in total. The molecule has 3 aromatic carbocycles. The van der Waals surface area contributed by atoms with E-state index in [1.807, 2.05) is 42.5 Å². The quantitative estimate of drug-likeness (QED) is 0.228. The lowest BCUT2D eigenvalue weighted by Crippen LogP contribution is -2.05. The van der Waals surface area contributed by atoms with Crippen molar-refractivity contribution in [3.63, 3.8) is 0 Å². The van der Waals surface area contributed by atoms with Crippen LogP contribution in [0.2, 0.25) is 0 Å². The Morgan fingerprint density at radius 2 is 1.50 bits per heavy atom. The third-order valence-corrected chi connectivity index (χ3v) is 4.82. The number of nitrogens with zero attached hydrogens (tertiary/aromatic N) is 2. The van der Waals surface area contributed by atoms with Crippen molar-refractivity contribution in [2.24, 2.45) is 4.99 Å². The van der Waals surface area contributed by atoms with Gasteiger partial charge < -0.3 is 4.74 Å². The maximum Gasteiger partial charge on any atom is 0.364 e. The van der Waals surface area contributed by atoms with Crippen LogP contribution in [0.4, 0.5) is 5.69 Å². The molecule has 0 aromatic heterocycles. The van der Waals surface area contributed by atoms with E-state index in [-0.39, 0.29) is 17.3 Å². The summed E-state index contributed by atoms with van der Waals surface area (Å²) in [6, 6.07) is 21.4. The second-order valence-electron chi connectivity index (χ2n) is 6.43. The molecular formula is C22H12N2O4. The van der Waals surface area contributed by atoms with Gasteiger partial charge in [-0.15, -0.1) is 0 Å². The summed E-state index contributed by atoms with van der Waals surface area (Å²) in [6.07, 6.45) is 0. The fraction of sp³-hybridized carbons (Fsp3) is 0. The molecule has 0 bridgehead atoms. The Hall–Kier alpha value is -4.06. The molecule has 28 heavy (non-hydrogen) atoms. The van der Waals surface area contributed by atoms with Crippen molar-refractivity contribution in [2.75, 3.05) is 0 Å². The van der Waals surface area contributed by atoms with E-state index in [2.05, 4.69) is 4.99 Å². The van der Waals surface area contributed by atoms with Crippen molar-refractivity contribution >= 4 is 23.1 Å². The van der Waals surface area contributed by atoms with E-state index in [1.54, 1.807) is 18.2 Å². The van der Waals surface area contributed by atoms with Crippen LogP contribution in [-0.4, -0.2) is 16.8 Å². The van der Waals surface area contributed by atoms with Gasteiger partial charge in [-0.3, -0.25) is 10.1 Å². The van der Waals surface area contributed by atoms with Gasteiger partial charge in [0.1, 0.15) is 0 Å². The summed E-state index contributed by atoms with van der Waals surface area (Å²) in [6.45, 7) is 0. The largest absolute Gasteiger partial charge is 0.402 e. The third-order valence-electron chi connectivity index (χ3n) is 4.82. The highest BCUT2D eigenvalue weighted by molar-refractivity contribution is 6.18. The average molecular weight is 368 g/mol. The molecule has 134 valence electrons. The summed E-state index contributed by atoms with van der Waals surface area (Å²) in [5.41, 5.74) is 4.53. The normalized spacial score (nSPS) is 17.0. The van der Waals surface area contributed by atoms with Gasteiger partial charge in [-0.25, -0.2) is 9.79 Å². The second-order valence-corrected chi connectivity index (χ2v) is 6.43. The number of carbonyl (C=O) groups is 1. The number of nitro groups is 1. The molecule has 0 saturated heterocycles. The zero-order chi connectivity index (χ0) is 19.3. The van der Waals surface area contributed by atoms with E-state index < -0.39 is 10.9 Å². The van der Waals surface area contributed by atoms with Crippen LogP contribution < -0.4 is 0 Å². The van der Waals surface area contributed by atoms with Gasteiger partial charge in [-0.2, -0.15) is 0 Å². The standard InChI is InChI=1S/C22H12N2O4/c25-22-20(23-21(28-22)13-6-2-1-3-7-13)19-17-9-5-4-8-15(17)16-11-10-14(24(26)27)12-18(16)19/h1-12H. The monoisotopic (exact) mass is 368 g/mol. The number of non-ortho nitro benzene ring substituents is 1. The highest BCUT2D eigenvalue weighted by atomic mass is 16.6. The first kappa shape index (κ1) is 16.1. The number of aliphatic imine (C=N–C) groups is 1. The van der Waals surface area contributed by atoms with Gasteiger partial charge in [0.2, 0.25) is 5.90 Å². The van der Waals surface area contributed by atoms with Crippen LogP contribution in [0.5, 0.6) is 0 Å². The molecule has 1 aliphatic heterocycles. The topological polar surface area (TPSA) is 81.8 Å². The maximum absolute atomic E-state index is 12.7. The zero-order valence-electron chi connectivity index (χ0n) is 14.5. The summed E-state index contributed by atoms with van der Waals surface area (Å²) < 4.78 is 5.40. The molecular weight excluding hydrogens is 356 g/mol. The number of fused-ring (bicyclic) bond motifs is 3. The molecule has 0 atom stereocenters. The number of hydrogen-bond acceptors (Lipinski definition) is 5. The number of esters is 1. The first-order valence-corrected chi connectivity index (χ1v) is 8.62. The lowest BCUT2D eigenvalue weighted by atomic mass is 10.0. The predicted molar refractivity (Wildman–Crippen MR) is 104 cm³/mol.